The number of carbonyl (C=O) groups is 1. The molecule has 1 aromatic heterocycles. The smallest absolute Gasteiger partial charge is 0.251 e. The molecule has 1 amide bonds. The number of rotatable bonds is 3. The highest BCUT2D eigenvalue weighted by Crippen LogP contribution is 2.22. The second-order valence-electron chi connectivity index (χ2n) is 6.59. The summed E-state index contributed by atoms with van der Waals surface area (Å²) in [7, 11) is 2.07. The van der Waals surface area contributed by atoms with Gasteiger partial charge in [0.05, 0.1) is 12.5 Å². The van der Waals surface area contributed by atoms with Crippen molar-refractivity contribution in [2.24, 2.45) is 5.92 Å². The fraction of sp³-hybridized carbons (Fsp3) is 0.647. The molecule has 7 nitrogen and oxygen atoms in total. The third kappa shape index (κ3) is 3.82. The lowest BCUT2D eigenvalue weighted by molar-refractivity contribution is -0.139. The SMILES string of the molecule is CN1CCC[C@@H](C(=O)N2CCC[C@@H](Oc3nccnc3C#N)C2)C1. The summed E-state index contributed by atoms with van der Waals surface area (Å²) in [6.45, 7) is 3.24. The predicted octanol–water partition coefficient (Wildman–Crippen LogP) is 1.06. The van der Waals surface area contributed by atoms with E-state index in [9.17, 15) is 4.79 Å². The third-order valence-electron chi connectivity index (χ3n) is 4.71. The van der Waals surface area contributed by atoms with Gasteiger partial charge in [-0.05, 0) is 39.3 Å². The van der Waals surface area contributed by atoms with Crippen LogP contribution in [0.1, 0.15) is 31.4 Å². The van der Waals surface area contributed by atoms with E-state index in [4.69, 9.17) is 10.00 Å². The molecule has 2 saturated heterocycles. The molecule has 3 heterocycles. The number of carbonyl (C=O) groups excluding carboxylic acids is 1. The highest BCUT2D eigenvalue weighted by Gasteiger charge is 2.32. The van der Waals surface area contributed by atoms with E-state index >= 15 is 0 Å². The van der Waals surface area contributed by atoms with Crippen LogP contribution in [0.2, 0.25) is 0 Å². The average molecular weight is 329 g/mol. The van der Waals surface area contributed by atoms with Gasteiger partial charge in [-0.15, -0.1) is 0 Å². The number of nitrogens with zero attached hydrogens (tertiary/aromatic N) is 5. The van der Waals surface area contributed by atoms with Crippen LogP contribution < -0.4 is 4.74 Å². The maximum absolute atomic E-state index is 12.8. The summed E-state index contributed by atoms with van der Waals surface area (Å²) in [6, 6.07) is 1.99. The minimum absolute atomic E-state index is 0.0914. The molecule has 2 atom stereocenters. The van der Waals surface area contributed by atoms with E-state index in [1.54, 1.807) is 0 Å². The molecule has 1 aromatic rings. The van der Waals surface area contributed by atoms with Crippen LogP contribution in [-0.2, 0) is 4.79 Å². The number of ether oxygens (including phenoxy) is 1. The Morgan fingerprint density at radius 2 is 2.04 bits per heavy atom. The van der Waals surface area contributed by atoms with Crippen LogP contribution >= 0.6 is 0 Å². The lowest BCUT2D eigenvalue weighted by Crippen LogP contribution is -2.49. The molecule has 3 rings (SSSR count). The molecule has 0 bridgehead atoms. The summed E-state index contributed by atoms with van der Waals surface area (Å²) in [6.07, 6.45) is 6.66. The van der Waals surface area contributed by atoms with Gasteiger partial charge in [0.15, 0.2) is 0 Å². The summed E-state index contributed by atoms with van der Waals surface area (Å²) in [4.78, 5) is 25.0. The Morgan fingerprint density at radius 1 is 1.25 bits per heavy atom. The lowest BCUT2D eigenvalue weighted by atomic mass is 9.95. The zero-order valence-corrected chi connectivity index (χ0v) is 14.0. The Hall–Kier alpha value is -2.20. The topological polar surface area (TPSA) is 82.3 Å². The highest BCUT2D eigenvalue weighted by molar-refractivity contribution is 5.79. The van der Waals surface area contributed by atoms with Crippen molar-refractivity contribution in [3.8, 4) is 11.9 Å². The van der Waals surface area contributed by atoms with E-state index in [-0.39, 0.29) is 29.5 Å². The average Bonchev–Trinajstić information content (AvgIpc) is 2.62. The number of likely N-dealkylation sites (tertiary alicyclic amines) is 2. The Kier molecular flexibility index (Phi) is 5.26. The van der Waals surface area contributed by atoms with E-state index in [0.29, 0.717) is 6.54 Å². The minimum atomic E-state index is -0.132. The summed E-state index contributed by atoms with van der Waals surface area (Å²) in [5, 5.41) is 9.08. The number of hydrogen-bond donors (Lipinski definition) is 0. The third-order valence-corrected chi connectivity index (χ3v) is 4.71. The summed E-state index contributed by atoms with van der Waals surface area (Å²) >= 11 is 0. The van der Waals surface area contributed by atoms with Gasteiger partial charge in [-0.3, -0.25) is 4.79 Å². The van der Waals surface area contributed by atoms with Crippen LogP contribution in [0.3, 0.4) is 0 Å². The molecule has 0 aliphatic carbocycles. The van der Waals surface area contributed by atoms with Crippen LogP contribution in [0.5, 0.6) is 5.88 Å². The van der Waals surface area contributed by atoms with Gasteiger partial charge >= 0.3 is 0 Å². The van der Waals surface area contributed by atoms with Crippen molar-refractivity contribution < 1.29 is 9.53 Å². The largest absolute Gasteiger partial charge is 0.470 e. The van der Waals surface area contributed by atoms with Gasteiger partial charge < -0.3 is 14.5 Å². The Morgan fingerprint density at radius 3 is 2.83 bits per heavy atom. The van der Waals surface area contributed by atoms with Gasteiger partial charge in [-0.2, -0.15) is 5.26 Å². The Balaban J connectivity index is 1.62. The van der Waals surface area contributed by atoms with Crippen molar-refractivity contribution in [2.45, 2.75) is 31.8 Å². The maximum atomic E-state index is 12.8. The zero-order valence-electron chi connectivity index (χ0n) is 14.0. The molecule has 0 radical (unpaired) electrons. The summed E-state index contributed by atoms with van der Waals surface area (Å²) in [5.41, 5.74) is 0.190. The molecule has 0 saturated carbocycles. The number of aromatic nitrogens is 2. The first-order valence-corrected chi connectivity index (χ1v) is 8.52. The lowest BCUT2D eigenvalue weighted by Gasteiger charge is -2.37. The van der Waals surface area contributed by atoms with Crippen LogP contribution in [-0.4, -0.2) is 65.0 Å². The molecule has 7 heteroatoms. The molecule has 2 aliphatic rings. The van der Waals surface area contributed by atoms with Gasteiger partial charge in [-0.25, -0.2) is 9.97 Å². The number of hydrogen-bond acceptors (Lipinski definition) is 6. The molecular formula is C17H23N5O2. The van der Waals surface area contributed by atoms with Gasteiger partial charge in [0.1, 0.15) is 12.2 Å². The van der Waals surface area contributed by atoms with E-state index in [2.05, 4.69) is 21.9 Å². The monoisotopic (exact) mass is 329 g/mol. The molecule has 0 N–H and O–H groups in total. The van der Waals surface area contributed by atoms with Crippen molar-refractivity contribution in [3.05, 3.63) is 18.1 Å². The van der Waals surface area contributed by atoms with Crippen LogP contribution in [0, 0.1) is 17.2 Å². The van der Waals surface area contributed by atoms with Gasteiger partial charge in [0, 0.05) is 25.5 Å². The minimum Gasteiger partial charge on any atom is -0.470 e. The fourth-order valence-electron chi connectivity index (χ4n) is 3.51. The second kappa shape index (κ2) is 7.58. The van der Waals surface area contributed by atoms with Crippen LogP contribution in [0.15, 0.2) is 12.4 Å². The molecule has 0 unspecified atom stereocenters. The fourth-order valence-corrected chi connectivity index (χ4v) is 3.51. The Labute approximate surface area is 142 Å². The molecule has 24 heavy (non-hydrogen) atoms. The number of piperidine rings is 2. The molecule has 0 spiro atoms. The van der Waals surface area contributed by atoms with Crippen molar-refractivity contribution in [1.82, 2.24) is 19.8 Å². The normalized spacial score (nSPS) is 25.1. The van der Waals surface area contributed by atoms with Gasteiger partial charge in [0.25, 0.3) is 5.88 Å². The maximum Gasteiger partial charge on any atom is 0.251 e. The van der Waals surface area contributed by atoms with E-state index in [1.807, 2.05) is 11.0 Å². The second-order valence-corrected chi connectivity index (χ2v) is 6.59. The van der Waals surface area contributed by atoms with Gasteiger partial charge in [0.2, 0.25) is 11.6 Å². The molecule has 128 valence electrons. The van der Waals surface area contributed by atoms with E-state index in [0.717, 1.165) is 45.3 Å². The molecular weight excluding hydrogens is 306 g/mol. The number of nitriles is 1. The van der Waals surface area contributed by atoms with Crippen molar-refractivity contribution in [1.29, 1.82) is 5.26 Å². The van der Waals surface area contributed by atoms with Crippen molar-refractivity contribution in [2.75, 3.05) is 33.2 Å². The Bertz CT molecular complexity index is 630. The summed E-state index contributed by atoms with van der Waals surface area (Å²) in [5.74, 6) is 0.583. The van der Waals surface area contributed by atoms with Gasteiger partial charge in [-0.1, -0.05) is 0 Å². The zero-order chi connectivity index (χ0) is 16.9. The molecule has 2 fully saturated rings. The highest BCUT2D eigenvalue weighted by atomic mass is 16.5. The first kappa shape index (κ1) is 16.7. The number of amides is 1. The van der Waals surface area contributed by atoms with Crippen molar-refractivity contribution >= 4 is 5.91 Å². The van der Waals surface area contributed by atoms with E-state index < -0.39 is 0 Å². The molecule has 2 aliphatic heterocycles. The van der Waals surface area contributed by atoms with Crippen molar-refractivity contribution in [3.63, 3.8) is 0 Å². The van der Waals surface area contributed by atoms with Crippen LogP contribution in [0.4, 0.5) is 0 Å². The van der Waals surface area contributed by atoms with Crippen LogP contribution in [0.25, 0.3) is 0 Å². The van der Waals surface area contributed by atoms with E-state index in [1.165, 1.54) is 12.4 Å². The molecule has 0 aromatic carbocycles. The summed E-state index contributed by atoms with van der Waals surface area (Å²) < 4.78 is 5.87. The standard InChI is InChI=1S/C17H23N5O2/c1-21-8-2-4-13(11-21)17(23)22-9-3-5-14(12-22)24-16-15(10-18)19-6-7-20-16/h6-7,13-14H,2-5,8-9,11-12H2,1H3/t13-,14-/m1/s1. The first-order valence-electron chi connectivity index (χ1n) is 8.52. The quantitative estimate of drug-likeness (QED) is 0.825. The first-order chi connectivity index (χ1) is 11.7. The predicted molar refractivity (Wildman–Crippen MR) is 87.2 cm³/mol.